The molecule has 2 nitrogen and oxygen atoms in total. The lowest BCUT2D eigenvalue weighted by Crippen LogP contribution is -2.27. The molecule has 0 saturated carbocycles. The van der Waals surface area contributed by atoms with E-state index in [0.29, 0.717) is 6.54 Å². The Labute approximate surface area is 101 Å². The molecule has 0 atom stereocenters. The summed E-state index contributed by atoms with van der Waals surface area (Å²) < 4.78 is 0. The van der Waals surface area contributed by atoms with Crippen LogP contribution in [-0.4, -0.2) is 24.4 Å². The third-order valence-corrected chi connectivity index (χ3v) is 4.13. The molecule has 0 fully saturated rings. The first-order valence-corrected chi connectivity index (χ1v) is 6.57. The molecule has 1 amide bonds. The number of aryl methyl sites for hydroxylation is 1. The van der Waals surface area contributed by atoms with Crippen LogP contribution >= 0.6 is 11.3 Å². The number of thiophene rings is 1. The van der Waals surface area contributed by atoms with Gasteiger partial charge in [0.15, 0.2) is 0 Å². The molecule has 0 bridgehead atoms. The van der Waals surface area contributed by atoms with Crippen LogP contribution in [0.25, 0.3) is 0 Å². The number of hydrogen-bond acceptors (Lipinski definition) is 2. The highest BCUT2D eigenvalue weighted by Gasteiger charge is 2.21. The van der Waals surface area contributed by atoms with Crippen LogP contribution in [0.2, 0.25) is 0 Å². The van der Waals surface area contributed by atoms with Crippen molar-refractivity contribution in [3.63, 3.8) is 0 Å². The van der Waals surface area contributed by atoms with Gasteiger partial charge >= 0.3 is 0 Å². The van der Waals surface area contributed by atoms with Gasteiger partial charge in [0.25, 0.3) is 5.91 Å². The van der Waals surface area contributed by atoms with Gasteiger partial charge in [-0.05, 0) is 31.2 Å². The largest absolute Gasteiger partial charge is 0.338 e. The van der Waals surface area contributed by atoms with Crippen molar-refractivity contribution < 1.29 is 4.79 Å². The van der Waals surface area contributed by atoms with Crippen LogP contribution in [-0.2, 0) is 12.8 Å². The molecule has 1 aromatic rings. The maximum atomic E-state index is 12.2. The van der Waals surface area contributed by atoms with Crippen molar-refractivity contribution >= 4 is 17.2 Å². The minimum absolute atomic E-state index is 0.138. The first-order chi connectivity index (χ1) is 7.74. The third kappa shape index (κ3) is 2.05. The topological polar surface area (TPSA) is 20.3 Å². The van der Waals surface area contributed by atoms with Gasteiger partial charge in [0, 0.05) is 23.8 Å². The molecule has 0 radical (unpaired) electrons. The van der Waals surface area contributed by atoms with Gasteiger partial charge in [0.2, 0.25) is 0 Å². The van der Waals surface area contributed by atoms with Gasteiger partial charge in [-0.3, -0.25) is 4.79 Å². The minimum atomic E-state index is 0.138. The van der Waals surface area contributed by atoms with Crippen molar-refractivity contribution in [3.05, 3.63) is 34.0 Å². The van der Waals surface area contributed by atoms with E-state index >= 15 is 0 Å². The summed E-state index contributed by atoms with van der Waals surface area (Å²) >= 11 is 1.74. The van der Waals surface area contributed by atoms with Crippen molar-refractivity contribution in [1.29, 1.82) is 0 Å². The summed E-state index contributed by atoms with van der Waals surface area (Å²) in [6.45, 7) is 4.28. The Hall–Kier alpha value is -1.09. The smallest absolute Gasteiger partial charge is 0.255 e. The molecule has 0 N–H and O–H groups in total. The zero-order chi connectivity index (χ0) is 11.5. The van der Waals surface area contributed by atoms with E-state index < -0.39 is 0 Å². The number of likely N-dealkylation sites (N-methyl/N-ethyl adjacent to an activating group) is 1. The lowest BCUT2D eigenvalue weighted by atomic mass is 9.95. The summed E-state index contributed by atoms with van der Waals surface area (Å²) in [5.74, 6) is 0.138. The van der Waals surface area contributed by atoms with Crippen LogP contribution in [0.5, 0.6) is 0 Å². The van der Waals surface area contributed by atoms with Gasteiger partial charge in [0.05, 0.1) is 5.56 Å². The zero-order valence-electron chi connectivity index (χ0n) is 9.66. The van der Waals surface area contributed by atoms with Gasteiger partial charge in [-0.2, -0.15) is 0 Å². The summed E-state index contributed by atoms with van der Waals surface area (Å²) in [7, 11) is 1.83. The van der Waals surface area contributed by atoms with Crippen molar-refractivity contribution in [2.24, 2.45) is 0 Å². The highest BCUT2D eigenvalue weighted by Crippen LogP contribution is 2.30. The third-order valence-electron chi connectivity index (χ3n) is 3.04. The SMILES string of the molecule is C=CCN(C)C(=O)c1csc2c1CCCC2. The highest BCUT2D eigenvalue weighted by molar-refractivity contribution is 7.10. The molecule has 86 valence electrons. The van der Waals surface area contributed by atoms with Crippen LogP contribution in [0.4, 0.5) is 0 Å². The molecular formula is C13H17NOS. The lowest BCUT2D eigenvalue weighted by Gasteiger charge is -2.17. The highest BCUT2D eigenvalue weighted by atomic mass is 32.1. The number of carbonyl (C=O) groups is 1. The van der Waals surface area contributed by atoms with Crippen molar-refractivity contribution in [2.75, 3.05) is 13.6 Å². The van der Waals surface area contributed by atoms with E-state index in [0.717, 1.165) is 18.4 Å². The van der Waals surface area contributed by atoms with Gasteiger partial charge in [-0.15, -0.1) is 17.9 Å². The van der Waals surface area contributed by atoms with E-state index in [1.165, 1.54) is 23.3 Å². The number of nitrogens with zero attached hydrogens (tertiary/aromatic N) is 1. The van der Waals surface area contributed by atoms with Gasteiger partial charge in [-0.1, -0.05) is 6.08 Å². The van der Waals surface area contributed by atoms with Gasteiger partial charge in [-0.25, -0.2) is 0 Å². The molecule has 16 heavy (non-hydrogen) atoms. The van der Waals surface area contributed by atoms with Crippen molar-refractivity contribution in [1.82, 2.24) is 4.90 Å². The van der Waals surface area contributed by atoms with E-state index in [4.69, 9.17) is 0 Å². The first kappa shape index (κ1) is 11.4. The predicted molar refractivity (Wildman–Crippen MR) is 68.1 cm³/mol. The fourth-order valence-electron chi connectivity index (χ4n) is 2.16. The summed E-state index contributed by atoms with van der Waals surface area (Å²) in [6, 6.07) is 0. The second-order valence-electron chi connectivity index (χ2n) is 4.23. The molecule has 1 heterocycles. The Morgan fingerprint density at radius 1 is 1.56 bits per heavy atom. The van der Waals surface area contributed by atoms with E-state index in [-0.39, 0.29) is 5.91 Å². The van der Waals surface area contributed by atoms with E-state index in [1.807, 2.05) is 12.4 Å². The van der Waals surface area contributed by atoms with E-state index in [9.17, 15) is 4.79 Å². The molecule has 0 unspecified atom stereocenters. The van der Waals surface area contributed by atoms with E-state index in [1.54, 1.807) is 22.3 Å². The molecular weight excluding hydrogens is 218 g/mol. The molecule has 1 aliphatic carbocycles. The lowest BCUT2D eigenvalue weighted by molar-refractivity contribution is 0.0809. The summed E-state index contributed by atoms with van der Waals surface area (Å²) in [5.41, 5.74) is 2.22. The molecule has 0 spiro atoms. The average molecular weight is 235 g/mol. The zero-order valence-corrected chi connectivity index (χ0v) is 10.5. The van der Waals surface area contributed by atoms with Crippen LogP contribution in [0.1, 0.15) is 33.6 Å². The van der Waals surface area contributed by atoms with Crippen LogP contribution in [0.15, 0.2) is 18.0 Å². The number of carbonyl (C=O) groups excluding carboxylic acids is 1. The average Bonchev–Trinajstić information content (AvgIpc) is 2.72. The quantitative estimate of drug-likeness (QED) is 0.738. The normalized spacial score (nSPS) is 14.3. The minimum Gasteiger partial charge on any atom is -0.338 e. The molecule has 1 aliphatic rings. The molecule has 3 heteroatoms. The molecule has 0 aromatic carbocycles. The molecule has 0 aliphatic heterocycles. The Bertz CT molecular complexity index is 408. The fraction of sp³-hybridized carbons (Fsp3) is 0.462. The fourth-order valence-corrected chi connectivity index (χ4v) is 3.28. The van der Waals surface area contributed by atoms with Crippen molar-refractivity contribution in [2.45, 2.75) is 25.7 Å². The molecule has 0 saturated heterocycles. The van der Waals surface area contributed by atoms with Crippen LogP contribution in [0.3, 0.4) is 0 Å². The maximum absolute atomic E-state index is 12.2. The molecule has 1 aromatic heterocycles. The van der Waals surface area contributed by atoms with Gasteiger partial charge < -0.3 is 4.90 Å². The monoisotopic (exact) mass is 235 g/mol. The maximum Gasteiger partial charge on any atom is 0.255 e. The number of rotatable bonds is 3. The standard InChI is InChI=1S/C13H17NOS/c1-3-8-14(2)13(15)11-9-16-12-7-5-4-6-10(11)12/h3,9H,1,4-8H2,2H3. The van der Waals surface area contributed by atoms with Crippen LogP contribution in [0, 0.1) is 0 Å². The van der Waals surface area contributed by atoms with Gasteiger partial charge in [0.1, 0.15) is 0 Å². The predicted octanol–water partition coefficient (Wildman–Crippen LogP) is 2.88. The summed E-state index contributed by atoms with van der Waals surface area (Å²) in [4.78, 5) is 15.3. The Morgan fingerprint density at radius 3 is 3.06 bits per heavy atom. The second kappa shape index (κ2) is 4.83. The summed E-state index contributed by atoms with van der Waals surface area (Å²) in [5, 5.41) is 2.03. The first-order valence-electron chi connectivity index (χ1n) is 5.69. The van der Waals surface area contributed by atoms with Crippen molar-refractivity contribution in [3.8, 4) is 0 Å². The molecule has 2 rings (SSSR count). The number of amides is 1. The Balaban J connectivity index is 2.23. The summed E-state index contributed by atoms with van der Waals surface area (Å²) in [6.07, 6.45) is 6.47. The van der Waals surface area contributed by atoms with Crippen LogP contribution < -0.4 is 0 Å². The second-order valence-corrected chi connectivity index (χ2v) is 5.20. The Morgan fingerprint density at radius 2 is 2.31 bits per heavy atom. The number of hydrogen-bond donors (Lipinski definition) is 0. The Kier molecular flexibility index (Phi) is 3.44. The van der Waals surface area contributed by atoms with E-state index in [2.05, 4.69) is 6.58 Å². The number of fused-ring (bicyclic) bond motifs is 1.